The average Bonchev–Trinajstić information content (AvgIpc) is 2.46. The molecule has 6 heteroatoms. The van der Waals surface area contributed by atoms with Gasteiger partial charge in [0.15, 0.2) is 0 Å². The van der Waals surface area contributed by atoms with Crippen LogP contribution in [-0.4, -0.2) is 65.4 Å². The molecule has 0 bridgehead atoms. The molecule has 128 valence electrons. The van der Waals surface area contributed by atoms with Crippen LogP contribution in [0.4, 0.5) is 5.82 Å². The summed E-state index contributed by atoms with van der Waals surface area (Å²) >= 11 is 0. The molecule has 0 saturated carbocycles. The predicted molar refractivity (Wildman–Crippen MR) is 89.7 cm³/mol. The summed E-state index contributed by atoms with van der Waals surface area (Å²) in [6, 6.07) is 3.52. The minimum atomic E-state index is -0.695. The molecule has 1 N–H and O–H groups in total. The van der Waals surface area contributed by atoms with Crippen molar-refractivity contribution in [1.82, 2.24) is 9.88 Å². The van der Waals surface area contributed by atoms with Crippen molar-refractivity contribution < 1.29 is 14.6 Å². The second-order valence-corrected chi connectivity index (χ2v) is 6.90. The van der Waals surface area contributed by atoms with E-state index < -0.39 is 5.60 Å². The number of nitrogens with zero attached hydrogens (tertiary/aromatic N) is 3. The van der Waals surface area contributed by atoms with E-state index in [2.05, 4.69) is 14.8 Å². The number of hydrogen-bond donors (Lipinski definition) is 1. The monoisotopic (exact) mass is 321 g/mol. The molecule has 1 fully saturated rings. The zero-order valence-electron chi connectivity index (χ0n) is 14.5. The molecular weight excluding hydrogens is 294 g/mol. The van der Waals surface area contributed by atoms with E-state index in [9.17, 15) is 9.90 Å². The van der Waals surface area contributed by atoms with Crippen molar-refractivity contribution in [2.24, 2.45) is 0 Å². The molecule has 1 aromatic rings. The van der Waals surface area contributed by atoms with Crippen LogP contribution in [0.2, 0.25) is 0 Å². The number of aromatic nitrogens is 1. The second kappa shape index (κ2) is 7.27. The van der Waals surface area contributed by atoms with Gasteiger partial charge in [-0.1, -0.05) is 0 Å². The zero-order valence-corrected chi connectivity index (χ0v) is 14.5. The van der Waals surface area contributed by atoms with Crippen molar-refractivity contribution in [1.29, 1.82) is 0 Å². The Morgan fingerprint density at radius 1 is 1.35 bits per heavy atom. The maximum atomic E-state index is 12.2. The molecule has 6 nitrogen and oxygen atoms in total. The SMILES string of the molecule is CC(C)OC(=O)c1cccnc1N1CCN(CC(C)(C)O)CC1. The highest BCUT2D eigenvalue weighted by Gasteiger charge is 2.26. The van der Waals surface area contributed by atoms with Gasteiger partial charge in [0.25, 0.3) is 0 Å². The minimum absolute atomic E-state index is 0.154. The number of carbonyl (C=O) groups excluding carboxylic acids is 1. The summed E-state index contributed by atoms with van der Waals surface area (Å²) in [5, 5.41) is 9.92. The summed E-state index contributed by atoms with van der Waals surface area (Å²) < 4.78 is 5.31. The molecule has 1 aromatic heterocycles. The summed E-state index contributed by atoms with van der Waals surface area (Å²) in [6.07, 6.45) is 1.55. The Morgan fingerprint density at radius 2 is 2.00 bits per heavy atom. The van der Waals surface area contributed by atoms with E-state index in [1.165, 1.54) is 0 Å². The van der Waals surface area contributed by atoms with Crippen LogP contribution in [0.25, 0.3) is 0 Å². The van der Waals surface area contributed by atoms with Crippen LogP contribution in [0.3, 0.4) is 0 Å². The highest BCUT2D eigenvalue weighted by molar-refractivity contribution is 5.94. The first-order valence-corrected chi connectivity index (χ1v) is 8.12. The van der Waals surface area contributed by atoms with E-state index in [0.717, 1.165) is 26.2 Å². The second-order valence-electron chi connectivity index (χ2n) is 6.90. The van der Waals surface area contributed by atoms with E-state index in [1.807, 2.05) is 27.7 Å². The third-order valence-electron chi connectivity index (χ3n) is 3.63. The topological polar surface area (TPSA) is 65.9 Å². The van der Waals surface area contributed by atoms with Crippen LogP contribution in [0.1, 0.15) is 38.1 Å². The lowest BCUT2D eigenvalue weighted by atomic mass is 10.1. The first-order chi connectivity index (χ1) is 10.8. The largest absolute Gasteiger partial charge is 0.459 e. The number of piperazine rings is 1. The lowest BCUT2D eigenvalue weighted by molar-refractivity contribution is 0.0344. The van der Waals surface area contributed by atoms with Gasteiger partial charge in [-0.3, -0.25) is 4.90 Å². The average molecular weight is 321 g/mol. The van der Waals surface area contributed by atoms with Crippen molar-refractivity contribution in [2.75, 3.05) is 37.6 Å². The molecule has 1 aliphatic heterocycles. The first kappa shape index (κ1) is 17.7. The van der Waals surface area contributed by atoms with Gasteiger partial charge in [0, 0.05) is 38.9 Å². The van der Waals surface area contributed by atoms with Crippen LogP contribution in [0.15, 0.2) is 18.3 Å². The molecule has 0 aromatic carbocycles. The molecular formula is C17H27N3O3. The Bertz CT molecular complexity index is 532. The van der Waals surface area contributed by atoms with Crippen molar-refractivity contribution in [3.63, 3.8) is 0 Å². The number of esters is 1. The molecule has 1 aliphatic rings. The molecule has 0 spiro atoms. The van der Waals surface area contributed by atoms with Gasteiger partial charge < -0.3 is 14.7 Å². The van der Waals surface area contributed by atoms with Gasteiger partial charge in [-0.2, -0.15) is 0 Å². The number of anilines is 1. The van der Waals surface area contributed by atoms with Crippen molar-refractivity contribution in [3.8, 4) is 0 Å². The maximum absolute atomic E-state index is 12.2. The summed E-state index contributed by atoms with van der Waals surface area (Å²) in [7, 11) is 0. The van der Waals surface area contributed by atoms with Crippen molar-refractivity contribution in [2.45, 2.75) is 39.4 Å². The number of rotatable bonds is 5. The van der Waals surface area contributed by atoms with Crippen LogP contribution < -0.4 is 4.90 Å². The molecule has 1 saturated heterocycles. The standard InChI is InChI=1S/C17H27N3O3/c1-13(2)23-16(21)14-6-5-7-18-15(14)20-10-8-19(9-11-20)12-17(3,4)22/h5-7,13,22H,8-12H2,1-4H3. The Morgan fingerprint density at radius 3 is 2.57 bits per heavy atom. The molecule has 0 amide bonds. The van der Waals surface area contributed by atoms with Crippen LogP contribution in [-0.2, 0) is 4.74 Å². The van der Waals surface area contributed by atoms with Gasteiger partial charge >= 0.3 is 5.97 Å². The fraction of sp³-hybridized carbons (Fsp3) is 0.647. The Kier molecular flexibility index (Phi) is 5.59. The van der Waals surface area contributed by atoms with Crippen molar-refractivity contribution >= 4 is 11.8 Å². The van der Waals surface area contributed by atoms with E-state index in [-0.39, 0.29) is 12.1 Å². The summed E-state index contributed by atoms with van der Waals surface area (Å²) in [4.78, 5) is 21.0. The number of aliphatic hydroxyl groups is 1. The zero-order chi connectivity index (χ0) is 17.0. The Balaban J connectivity index is 2.05. The molecule has 23 heavy (non-hydrogen) atoms. The van der Waals surface area contributed by atoms with Crippen LogP contribution in [0.5, 0.6) is 0 Å². The third kappa shape index (κ3) is 5.18. The van der Waals surface area contributed by atoms with E-state index in [4.69, 9.17) is 4.74 Å². The lowest BCUT2D eigenvalue weighted by Crippen LogP contribution is -2.51. The van der Waals surface area contributed by atoms with E-state index >= 15 is 0 Å². The Labute approximate surface area is 138 Å². The quantitative estimate of drug-likeness (QED) is 0.830. The van der Waals surface area contributed by atoms with Gasteiger partial charge in [-0.05, 0) is 39.8 Å². The molecule has 2 rings (SSSR count). The molecule has 2 heterocycles. The minimum Gasteiger partial charge on any atom is -0.459 e. The Hall–Kier alpha value is -1.66. The van der Waals surface area contributed by atoms with Gasteiger partial charge in [-0.15, -0.1) is 0 Å². The van der Waals surface area contributed by atoms with Crippen molar-refractivity contribution in [3.05, 3.63) is 23.9 Å². The number of carbonyl (C=O) groups is 1. The summed E-state index contributed by atoms with van der Waals surface area (Å²) in [5.41, 5.74) is -0.184. The fourth-order valence-corrected chi connectivity index (χ4v) is 2.75. The number of β-amino-alcohol motifs (C(OH)–C–C–N with tert-alkyl or cyclic N) is 1. The van der Waals surface area contributed by atoms with Gasteiger partial charge in [0.1, 0.15) is 11.4 Å². The lowest BCUT2D eigenvalue weighted by Gasteiger charge is -2.38. The van der Waals surface area contributed by atoms with Crippen LogP contribution in [0, 0.1) is 0 Å². The molecule has 0 atom stereocenters. The normalized spacial score (nSPS) is 16.7. The van der Waals surface area contributed by atoms with Gasteiger partial charge in [0.2, 0.25) is 0 Å². The molecule has 0 unspecified atom stereocenters. The third-order valence-corrected chi connectivity index (χ3v) is 3.63. The fourth-order valence-electron chi connectivity index (χ4n) is 2.75. The van der Waals surface area contributed by atoms with E-state index in [0.29, 0.717) is 17.9 Å². The van der Waals surface area contributed by atoms with Gasteiger partial charge in [0.05, 0.1) is 11.7 Å². The highest BCUT2D eigenvalue weighted by Crippen LogP contribution is 2.21. The highest BCUT2D eigenvalue weighted by atomic mass is 16.5. The number of ether oxygens (including phenoxy) is 1. The number of pyridine rings is 1. The smallest absolute Gasteiger partial charge is 0.342 e. The molecule has 0 aliphatic carbocycles. The summed E-state index contributed by atoms with van der Waals surface area (Å²) in [6.45, 7) is 11.2. The predicted octanol–water partition coefficient (Wildman–Crippen LogP) is 1.54. The summed E-state index contributed by atoms with van der Waals surface area (Å²) in [5.74, 6) is 0.350. The maximum Gasteiger partial charge on any atom is 0.342 e. The van der Waals surface area contributed by atoms with Gasteiger partial charge in [-0.25, -0.2) is 9.78 Å². The first-order valence-electron chi connectivity index (χ1n) is 8.12. The van der Waals surface area contributed by atoms with Crippen LogP contribution >= 0.6 is 0 Å². The number of hydrogen-bond acceptors (Lipinski definition) is 6. The molecule has 0 radical (unpaired) electrons. The van der Waals surface area contributed by atoms with E-state index in [1.54, 1.807) is 18.3 Å².